The Balaban J connectivity index is 2.97. The molecular weight excluding hydrogens is 190 g/mol. The number of carbonyl (C=O) groups is 1. The summed E-state index contributed by atoms with van der Waals surface area (Å²) in [5, 5.41) is 0. The molecule has 0 unspecified atom stereocenters. The summed E-state index contributed by atoms with van der Waals surface area (Å²) in [6, 6.07) is 3.57. The van der Waals surface area contributed by atoms with Gasteiger partial charge >= 0.3 is 0 Å². The van der Waals surface area contributed by atoms with Crippen LogP contribution in [0.4, 0.5) is 8.78 Å². The number of ether oxygens (including phenoxy) is 1. The molecule has 0 heterocycles. The predicted molar refractivity (Wildman–Crippen MR) is 47.9 cm³/mol. The van der Waals surface area contributed by atoms with Gasteiger partial charge in [-0.05, 0) is 19.1 Å². The van der Waals surface area contributed by atoms with Gasteiger partial charge in [-0.15, -0.1) is 0 Å². The van der Waals surface area contributed by atoms with Gasteiger partial charge in [0.2, 0.25) is 0 Å². The van der Waals surface area contributed by atoms with Crippen molar-refractivity contribution in [2.45, 2.75) is 6.92 Å². The first-order valence-electron chi connectivity index (χ1n) is 4.14. The number of Topliss-reactive ketones (excluding diaryl/α,β-unsaturated/α-hetero) is 1. The molecule has 14 heavy (non-hydrogen) atoms. The maximum absolute atomic E-state index is 12.8. The fourth-order valence-corrected chi connectivity index (χ4v) is 1.05. The summed E-state index contributed by atoms with van der Waals surface area (Å²) in [5.74, 6) is -0.655. The van der Waals surface area contributed by atoms with Gasteiger partial charge in [0.25, 0.3) is 0 Å². The second-order valence-corrected chi connectivity index (χ2v) is 2.73. The molecule has 1 rings (SSSR count). The van der Waals surface area contributed by atoms with Crippen molar-refractivity contribution in [3.63, 3.8) is 0 Å². The van der Waals surface area contributed by atoms with E-state index >= 15 is 0 Å². The Hall–Kier alpha value is -1.45. The van der Waals surface area contributed by atoms with Crippen LogP contribution in [0.25, 0.3) is 0 Å². The second kappa shape index (κ2) is 4.69. The molecule has 76 valence electrons. The van der Waals surface area contributed by atoms with Crippen LogP contribution in [0.3, 0.4) is 0 Å². The Kier molecular flexibility index (Phi) is 3.56. The number of halogens is 2. The summed E-state index contributed by atoms with van der Waals surface area (Å²) in [6.45, 7) is 0.493. The van der Waals surface area contributed by atoms with Gasteiger partial charge in [0.15, 0.2) is 5.78 Å². The molecule has 1 aromatic rings. The van der Waals surface area contributed by atoms with E-state index in [9.17, 15) is 13.6 Å². The van der Waals surface area contributed by atoms with Crippen LogP contribution in [0.1, 0.15) is 17.3 Å². The first kappa shape index (κ1) is 10.6. The highest BCUT2D eigenvalue weighted by molar-refractivity contribution is 5.96. The number of benzene rings is 1. The number of hydrogen-bond donors (Lipinski definition) is 0. The fourth-order valence-electron chi connectivity index (χ4n) is 1.05. The highest BCUT2D eigenvalue weighted by Gasteiger charge is 2.09. The number of ketones is 1. The van der Waals surface area contributed by atoms with E-state index in [1.165, 1.54) is 19.1 Å². The van der Waals surface area contributed by atoms with Crippen LogP contribution in [0.2, 0.25) is 0 Å². The minimum absolute atomic E-state index is 0.0927. The monoisotopic (exact) mass is 200 g/mol. The number of hydrogen-bond acceptors (Lipinski definition) is 2. The highest BCUT2D eigenvalue weighted by atomic mass is 19.1. The van der Waals surface area contributed by atoms with E-state index in [0.717, 1.165) is 6.07 Å². The van der Waals surface area contributed by atoms with Crippen molar-refractivity contribution < 1.29 is 18.3 Å². The molecule has 0 radical (unpaired) electrons. The highest BCUT2D eigenvalue weighted by Crippen LogP contribution is 2.20. The quantitative estimate of drug-likeness (QED) is 0.697. The molecule has 0 saturated carbocycles. The van der Waals surface area contributed by atoms with E-state index in [-0.39, 0.29) is 23.7 Å². The van der Waals surface area contributed by atoms with Crippen LogP contribution >= 0.6 is 0 Å². The molecule has 0 fully saturated rings. The molecule has 0 aliphatic carbocycles. The SMILES string of the molecule is CC(=O)c1ccc(F)cc1OCCF. The predicted octanol–water partition coefficient (Wildman–Crippen LogP) is 2.38. The minimum atomic E-state index is -0.673. The zero-order chi connectivity index (χ0) is 10.6. The van der Waals surface area contributed by atoms with Crippen LogP contribution in [0.5, 0.6) is 5.75 Å². The average molecular weight is 200 g/mol. The summed E-state index contributed by atoms with van der Waals surface area (Å²) < 4.78 is 29.5. The molecular formula is C10H10F2O2. The lowest BCUT2D eigenvalue weighted by Crippen LogP contribution is -2.04. The minimum Gasteiger partial charge on any atom is -0.490 e. The average Bonchev–Trinajstić information content (AvgIpc) is 2.14. The normalized spacial score (nSPS) is 9.93. The molecule has 2 nitrogen and oxygen atoms in total. The van der Waals surface area contributed by atoms with E-state index in [4.69, 9.17) is 4.74 Å². The van der Waals surface area contributed by atoms with Crippen molar-refractivity contribution in [1.82, 2.24) is 0 Å². The molecule has 0 aromatic heterocycles. The first-order valence-corrected chi connectivity index (χ1v) is 4.14. The van der Waals surface area contributed by atoms with Crippen molar-refractivity contribution in [2.24, 2.45) is 0 Å². The lowest BCUT2D eigenvalue weighted by atomic mass is 10.1. The van der Waals surface area contributed by atoms with E-state index < -0.39 is 12.5 Å². The van der Waals surface area contributed by atoms with Crippen LogP contribution in [-0.4, -0.2) is 19.1 Å². The number of alkyl halides is 1. The lowest BCUT2D eigenvalue weighted by Gasteiger charge is -2.07. The molecule has 0 bridgehead atoms. The molecule has 0 aliphatic rings. The summed E-state index contributed by atoms with van der Waals surface area (Å²) in [6.07, 6.45) is 0. The Morgan fingerprint density at radius 2 is 2.21 bits per heavy atom. The maximum Gasteiger partial charge on any atom is 0.163 e. The van der Waals surface area contributed by atoms with Crippen LogP contribution in [0.15, 0.2) is 18.2 Å². The summed E-state index contributed by atoms with van der Waals surface area (Å²) in [4.78, 5) is 11.0. The van der Waals surface area contributed by atoms with E-state index in [2.05, 4.69) is 0 Å². The van der Waals surface area contributed by atoms with E-state index in [1.807, 2.05) is 0 Å². The van der Waals surface area contributed by atoms with Gasteiger partial charge in [-0.1, -0.05) is 0 Å². The standard InChI is InChI=1S/C10H10F2O2/c1-7(13)9-3-2-8(12)6-10(9)14-5-4-11/h2-3,6H,4-5H2,1H3. The second-order valence-electron chi connectivity index (χ2n) is 2.73. The number of rotatable bonds is 4. The van der Waals surface area contributed by atoms with Crippen molar-refractivity contribution in [1.29, 1.82) is 0 Å². The maximum atomic E-state index is 12.8. The Labute approximate surface area is 80.5 Å². The summed E-state index contributed by atoms with van der Waals surface area (Å²) in [5.41, 5.74) is 0.264. The van der Waals surface area contributed by atoms with Gasteiger partial charge in [0.1, 0.15) is 24.8 Å². The van der Waals surface area contributed by atoms with Gasteiger partial charge in [0.05, 0.1) is 5.56 Å². The van der Waals surface area contributed by atoms with Crippen LogP contribution in [-0.2, 0) is 0 Å². The molecule has 0 N–H and O–H groups in total. The van der Waals surface area contributed by atoms with E-state index in [0.29, 0.717) is 0 Å². The van der Waals surface area contributed by atoms with Gasteiger partial charge in [-0.3, -0.25) is 4.79 Å². The summed E-state index contributed by atoms with van der Waals surface area (Å²) >= 11 is 0. The molecule has 4 heteroatoms. The van der Waals surface area contributed by atoms with Gasteiger partial charge in [-0.25, -0.2) is 8.78 Å². The Bertz CT molecular complexity index is 337. The molecule has 0 saturated heterocycles. The largest absolute Gasteiger partial charge is 0.490 e. The molecule has 0 amide bonds. The third-order valence-electron chi connectivity index (χ3n) is 1.66. The van der Waals surface area contributed by atoms with Crippen molar-refractivity contribution in [3.05, 3.63) is 29.6 Å². The topological polar surface area (TPSA) is 26.3 Å². The molecule has 0 aliphatic heterocycles. The smallest absolute Gasteiger partial charge is 0.163 e. The number of carbonyl (C=O) groups excluding carboxylic acids is 1. The van der Waals surface area contributed by atoms with Crippen molar-refractivity contribution in [2.75, 3.05) is 13.3 Å². The van der Waals surface area contributed by atoms with Gasteiger partial charge < -0.3 is 4.74 Å². The fraction of sp³-hybridized carbons (Fsp3) is 0.300. The summed E-state index contributed by atoms with van der Waals surface area (Å²) in [7, 11) is 0. The first-order chi connectivity index (χ1) is 6.65. The zero-order valence-corrected chi connectivity index (χ0v) is 7.72. The molecule has 0 atom stereocenters. The zero-order valence-electron chi connectivity index (χ0n) is 7.72. The van der Waals surface area contributed by atoms with Crippen LogP contribution < -0.4 is 4.74 Å². The van der Waals surface area contributed by atoms with Crippen molar-refractivity contribution in [3.8, 4) is 5.75 Å². The Morgan fingerprint density at radius 1 is 1.50 bits per heavy atom. The molecule has 0 spiro atoms. The Morgan fingerprint density at radius 3 is 2.79 bits per heavy atom. The van der Waals surface area contributed by atoms with Crippen LogP contribution in [0, 0.1) is 5.82 Å². The molecule has 1 aromatic carbocycles. The van der Waals surface area contributed by atoms with E-state index in [1.54, 1.807) is 0 Å². The third kappa shape index (κ3) is 2.52. The third-order valence-corrected chi connectivity index (χ3v) is 1.66. The van der Waals surface area contributed by atoms with Crippen molar-refractivity contribution >= 4 is 5.78 Å². The lowest BCUT2D eigenvalue weighted by molar-refractivity contribution is 0.101. The van der Waals surface area contributed by atoms with Gasteiger partial charge in [-0.2, -0.15) is 0 Å². The van der Waals surface area contributed by atoms with Gasteiger partial charge in [0, 0.05) is 6.07 Å².